The van der Waals surface area contributed by atoms with Gasteiger partial charge in [-0.3, -0.25) is 14.9 Å². The number of carbonyl (C=O) groups is 1. The molecule has 1 aliphatic rings. The summed E-state index contributed by atoms with van der Waals surface area (Å²) in [5.41, 5.74) is -0.769. The van der Waals surface area contributed by atoms with Gasteiger partial charge in [0.15, 0.2) is 0 Å². The number of nitro groups is 1. The maximum atomic E-state index is 13.5. The molecule has 0 aliphatic heterocycles. The molecule has 7 heteroatoms. The van der Waals surface area contributed by atoms with Gasteiger partial charge in [-0.05, 0) is 12.8 Å². The Morgan fingerprint density at radius 2 is 2.22 bits per heavy atom. The third kappa shape index (κ3) is 2.39. The van der Waals surface area contributed by atoms with E-state index >= 15 is 0 Å². The Morgan fingerprint density at radius 3 is 2.72 bits per heavy atom. The van der Waals surface area contributed by atoms with Gasteiger partial charge in [0, 0.05) is 19.2 Å². The number of carbonyl (C=O) groups excluding carboxylic acids is 1. The first-order valence-electron chi connectivity index (χ1n) is 5.39. The van der Waals surface area contributed by atoms with Crippen LogP contribution in [0.25, 0.3) is 0 Å². The van der Waals surface area contributed by atoms with E-state index in [9.17, 15) is 19.3 Å². The monoisotopic (exact) mass is 254 g/mol. The second-order valence-corrected chi connectivity index (χ2v) is 3.95. The van der Waals surface area contributed by atoms with Gasteiger partial charge >= 0.3 is 5.69 Å². The van der Waals surface area contributed by atoms with Gasteiger partial charge in [-0.1, -0.05) is 0 Å². The van der Waals surface area contributed by atoms with E-state index in [1.54, 1.807) is 0 Å². The molecule has 96 valence electrons. The normalized spacial score (nSPS) is 14.1. The number of nitrogens with one attached hydrogen (secondary N) is 1. The average molecular weight is 254 g/mol. The summed E-state index contributed by atoms with van der Waals surface area (Å²) in [6.45, 7) is 0. The van der Waals surface area contributed by atoms with Crippen LogP contribution < -0.4 is 10.1 Å². The molecule has 1 aromatic carbocycles. The van der Waals surface area contributed by atoms with Crippen LogP contribution in [-0.2, 0) is 0 Å². The molecule has 0 unspecified atom stereocenters. The predicted molar refractivity (Wildman–Crippen MR) is 60.1 cm³/mol. The number of hydrogen-bond acceptors (Lipinski definition) is 4. The molecule has 0 atom stereocenters. The summed E-state index contributed by atoms with van der Waals surface area (Å²) in [6.07, 6.45) is 1.65. The van der Waals surface area contributed by atoms with Crippen LogP contribution in [-0.4, -0.2) is 24.0 Å². The molecule has 1 saturated carbocycles. The number of nitro benzene ring substituents is 1. The summed E-state index contributed by atoms with van der Waals surface area (Å²) in [6, 6.07) is 1.78. The Labute approximate surface area is 102 Å². The zero-order chi connectivity index (χ0) is 13.3. The van der Waals surface area contributed by atoms with Crippen molar-refractivity contribution in [2.45, 2.75) is 18.9 Å². The van der Waals surface area contributed by atoms with Gasteiger partial charge in [-0.15, -0.1) is 0 Å². The van der Waals surface area contributed by atoms with Gasteiger partial charge in [0.05, 0.1) is 16.6 Å². The molecule has 0 aromatic heterocycles. The molecular formula is C11H11FN2O4. The Balaban J connectivity index is 2.45. The number of halogens is 1. The van der Waals surface area contributed by atoms with Crippen LogP contribution in [0.2, 0.25) is 0 Å². The Kier molecular flexibility index (Phi) is 3.14. The van der Waals surface area contributed by atoms with Crippen molar-refractivity contribution in [3.05, 3.63) is 33.6 Å². The highest BCUT2D eigenvalue weighted by Crippen LogP contribution is 2.32. The molecule has 6 nitrogen and oxygen atoms in total. The first kappa shape index (κ1) is 12.3. The van der Waals surface area contributed by atoms with Crippen LogP contribution in [0.5, 0.6) is 5.75 Å². The van der Waals surface area contributed by atoms with Crippen LogP contribution in [0.4, 0.5) is 10.1 Å². The van der Waals surface area contributed by atoms with Crippen molar-refractivity contribution >= 4 is 11.6 Å². The number of rotatable bonds is 4. The van der Waals surface area contributed by atoms with E-state index < -0.39 is 22.3 Å². The minimum Gasteiger partial charge on any atom is -0.489 e. The van der Waals surface area contributed by atoms with E-state index in [1.165, 1.54) is 7.05 Å². The number of benzene rings is 1. The fourth-order valence-electron chi connectivity index (χ4n) is 1.46. The van der Waals surface area contributed by atoms with Crippen molar-refractivity contribution in [1.82, 2.24) is 5.32 Å². The van der Waals surface area contributed by atoms with E-state index in [0.717, 1.165) is 25.0 Å². The maximum Gasteiger partial charge on any atom is 0.305 e. The van der Waals surface area contributed by atoms with Crippen LogP contribution in [0.15, 0.2) is 12.1 Å². The Hall–Kier alpha value is -2.18. The molecule has 0 spiro atoms. The van der Waals surface area contributed by atoms with Crippen molar-refractivity contribution < 1.29 is 18.8 Å². The summed E-state index contributed by atoms with van der Waals surface area (Å²) in [5.74, 6) is -1.52. The van der Waals surface area contributed by atoms with E-state index in [2.05, 4.69) is 5.32 Å². The summed E-state index contributed by atoms with van der Waals surface area (Å²) in [4.78, 5) is 21.3. The molecule has 0 saturated heterocycles. The molecule has 1 aliphatic carbocycles. The van der Waals surface area contributed by atoms with Gasteiger partial charge in [-0.25, -0.2) is 0 Å². The zero-order valence-corrected chi connectivity index (χ0v) is 9.60. The fraction of sp³-hybridized carbons (Fsp3) is 0.364. The summed E-state index contributed by atoms with van der Waals surface area (Å²) < 4.78 is 18.8. The lowest BCUT2D eigenvalue weighted by Gasteiger charge is -2.10. The zero-order valence-electron chi connectivity index (χ0n) is 9.60. The average Bonchev–Trinajstić information content (AvgIpc) is 3.11. The third-order valence-electron chi connectivity index (χ3n) is 2.54. The third-order valence-corrected chi connectivity index (χ3v) is 2.54. The molecule has 0 bridgehead atoms. The summed E-state index contributed by atoms with van der Waals surface area (Å²) >= 11 is 0. The number of hydrogen-bond donors (Lipinski definition) is 1. The minimum absolute atomic E-state index is 0.0301. The molecule has 1 fully saturated rings. The molecule has 1 amide bonds. The standard InChI is InChI=1S/C11H11FN2O4/c1-13-11(15)7-4-9(14(16)17)8(12)5-10(7)18-6-2-3-6/h4-6H,2-3H2,1H3,(H,13,15). The van der Waals surface area contributed by atoms with Crippen LogP contribution >= 0.6 is 0 Å². The molecule has 1 aromatic rings. The van der Waals surface area contributed by atoms with E-state index in [1.807, 2.05) is 0 Å². The molecule has 18 heavy (non-hydrogen) atoms. The van der Waals surface area contributed by atoms with Gasteiger partial charge < -0.3 is 10.1 Å². The van der Waals surface area contributed by atoms with Crippen LogP contribution in [0.1, 0.15) is 23.2 Å². The molecule has 0 heterocycles. The lowest BCUT2D eigenvalue weighted by atomic mass is 10.1. The van der Waals surface area contributed by atoms with Crippen molar-refractivity contribution in [2.24, 2.45) is 0 Å². The largest absolute Gasteiger partial charge is 0.489 e. The van der Waals surface area contributed by atoms with Crippen molar-refractivity contribution in [1.29, 1.82) is 0 Å². The number of amides is 1. The lowest BCUT2D eigenvalue weighted by Crippen LogP contribution is -2.19. The Morgan fingerprint density at radius 1 is 1.56 bits per heavy atom. The SMILES string of the molecule is CNC(=O)c1cc([N+](=O)[O-])c(F)cc1OC1CC1. The van der Waals surface area contributed by atoms with Crippen LogP contribution in [0.3, 0.4) is 0 Å². The van der Waals surface area contributed by atoms with Gasteiger partial charge in [0.1, 0.15) is 5.75 Å². The van der Waals surface area contributed by atoms with Gasteiger partial charge in [0.2, 0.25) is 5.82 Å². The predicted octanol–water partition coefficient (Wildman–Crippen LogP) is 1.63. The number of nitrogens with zero attached hydrogens (tertiary/aromatic N) is 1. The smallest absolute Gasteiger partial charge is 0.305 e. The molecule has 2 rings (SSSR count). The molecule has 1 N–H and O–H groups in total. The summed E-state index contributed by atoms with van der Waals surface area (Å²) in [5, 5.41) is 13.0. The Bertz CT molecular complexity index is 514. The number of ether oxygens (including phenoxy) is 1. The van der Waals surface area contributed by atoms with Crippen molar-refractivity contribution in [3.8, 4) is 5.75 Å². The topological polar surface area (TPSA) is 81.5 Å². The van der Waals surface area contributed by atoms with Crippen LogP contribution in [0, 0.1) is 15.9 Å². The fourth-order valence-corrected chi connectivity index (χ4v) is 1.46. The first-order valence-corrected chi connectivity index (χ1v) is 5.39. The quantitative estimate of drug-likeness (QED) is 0.654. The first-order chi connectivity index (χ1) is 8.52. The highest BCUT2D eigenvalue weighted by molar-refractivity contribution is 5.97. The molecular weight excluding hydrogens is 243 g/mol. The second kappa shape index (κ2) is 4.59. The minimum atomic E-state index is -1.01. The highest BCUT2D eigenvalue weighted by atomic mass is 19.1. The lowest BCUT2D eigenvalue weighted by molar-refractivity contribution is -0.387. The van der Waals surface area contributed by atoms with E-state index in [-0.39, 0.29) is 17.4 Å². The highest BCUT2D eigenvalue weighted by Gasteiger charge is 2.28. The van der Waals surface area contributed by atoms with E-state index in [4.69, 9.17) is 4.74 Å². The summed E-state index contributed by atoms with van der Waals surface area (Å²) in [7, 11) is 1.39. The van der Waals surface area contributed by atoms with Crippen molar-refractivity contribution in [2.75, 3.05) is 7.05 Å². The maximum absolute atomic E-state index is 13.5. The van der Waals surface area contributed by atoms with Gasteiger partial charge in [0.25, 0.3) is 5.91 Å². The van der Waals surface area contributed by atoms with Crippen molar-refractivity contribution in [3.63, 3.8) is 0 Å². The van der Waals surface area contributed by atoms with E-state index in [0.29, 0.717) is 0 Å². The molecule has 0 radical (unpaired) electrons. The van der Waals surface area contributed by atoms with Gasteiger partial charge in [-0.2, -0.15) is 4.39 Å². The second-order valence-electron chi connectivity index (χ2n) is 3.95.